The van der Waals surface area contributed by atoms with E-state index in [0.29, 0.717) is 5.82 Å². The van der Waals surface area contributed by atoms with Crippen molar-refractivity contribution in [1.82, 2.24) is 15.1 Å². The van der Waals surface area contributed by atoms with Crippen LogP contribution in [0.25, 0.3) is 0 Å². The van der Waals surface area contributed by atoms with E-state index in [1.807, 2.05) is 0 Å². The number of hydrogen-bond acceptors (Lipinski definition) is 3. The fourth-order valence-corrected chi connectivity index (χ4v) is 2.62. The highest BCUT2D eigenvalue weighted by Gasteiger charge is 2.30. The zero-order chi connectivity index (χ0) is 14.5. The Morgan fingerprint density at radius 2 is 2.10 bits per heavy atom. The molecule has 110 valence electrons. The summed E-state index contributed by atoms with van der Waals surface area (Å²) in [4.78, 5) is 23.2. The first-order valence-electron chi connectivity index (χ1n) is 6.86. The zero-order valence-electron chi connectivity index (χ0n) is 11.5. The number of aryl methyl sites for hydroxylation is 1. The molecule has 1 unspecified atom stereocenters. The van der Waals surface area contributed by atoms with Crippen LogP contribution >= 0.6 is 0 Å². The van der Waals surface area contributed by atoms with Crippen LogP contribution in [0.1, 0.15) is 32.1 Å². The number of carbonyl (C=O) groups is 2. The van der Waals surface area contributed by atoms with E-state index in [2.05, 4.69) is 15.7 Å². The molecule has 1 fully saturated rings. The van der Waals surface area contributed by atoms with Gasteiger partial charge in [-0.3, -0.25) is 10.00 Å². The minimum absolute atomic E-state index is 0.00994. The molecule has 1 heterocycles. The van der Waals surface area contributed by atoms with Gasteiger partial charge in [-0.15, -0.1) is 0 Å². The molecule has 7 nitrogen and oxygen atoms in total. The van der Waals surface area contributed by atoms with Crippen molar-refractivity contribution < 1.29 is 14.7 Å². The number of carboxylic acids is 1. The molecular formula is C13H20N4O3. The molecule has 1 aromatic heterocycles. The summed E-state index contributed by atoms with van der Waals surface area (Å²) in [5.74, 6) is -0.568. The third-order valence-corrected chi connectivity index (χ3v) is 3.63. The smallest absolute Gasteiger partial charge is 0.326 e. The molecule has 1 aliphatic rings. The normalized spacial score (nSPS) is 17.4. The molecule has 1 saturated carbocycles. The number of carboxylic acid groups (broad SMARTS) is 1. The summed E-state index contributed by atoms with van der Waals surface area (Å²) >= 11 is 0. The van der Waals surface area contributed by atoms with Crippen molar-refractivity contribution in [3.8, 4) is 0 Å². The van der Waals surface area contributed by atoms with Gasteiger partial charge in [0.1, 0.15) is 6.04 Å². The third-order valence-electron chi connectivity index (χ3n) is 3.63. The first kappa shape index (κ1) is 14.4. The van der Waals surface area contributed by atoms with Crippen molar-refractivity contribution in [3.63, 3.8) is 0 Å². The van der Waals surface area contributed by atoms with E-state index in [1.165, 1.54) is 0 Å². The van der Waals surface area contributed by atoms with Crippen LogP contribution in [0, 0.1) is 5.92 Å². The Hall–Kier alpha value is -2.05. The number of aliphatic carboxylic acids is 1. The van der Waals surface area contributed by atoms with Gasteiger partial charge in [-0.25, -0.2) is 9.59 Å². The van der Waals surface area contributed by atoms with E-state index in [0.717, 1.165) is 32.1 Å². The number of hydrogen-bond donors (Lipinski definition) is 3. The average molecular weight is 280 g/mol. The summed E-state index contributed by atoms with van der Waals surface area (Å²) in [7, 11) is 1.74. The largest absolute Gasteiger partial charge is 0.480 e. The zero-order valence-corrected chi connectivity index (χ0v) is 11.5. The summed E-state index contributed by atoms with van der Waals surface area (Å²) in [6, 6.07) is 0.288. The van der Waals surface area contributed by atoms with Crippen molar-refractivity contribution >= 4 is 17.8 Å². The molecule has 7 heteroatoms. The highest BCUT2D eigenvalue weighted by atomic mass is 16.4. The maximum Gasteiger partial charge on any atom is 0.326 e. The standard InChI is InChI=1S/C13H20N4O3/c1-17-8-7-10(16-17)14-13(20)15-11(12(18)19)9-5-3-2-4-6-9/h7-9,11H,2-6H2,1H3,(H,18,19)(H2,14,15,16,20). The number of aromatic nitrogens is 2. The van der Waals surface area contributed by atoms with Crippen molar-refractivity contribution in [2.24, 2.45) is 13.0 Å². The minimum Gasteiger partial charge on any atom is -0.480 e. The van der Waals surface area contributed by atoms with Gasteiger partial charge < -0.3 is 10.4 Å². The Morgan fingerprint density at radius 3 is 2.65 bits per heavy atom. The molecule has 3 N–H and O–H groups in total. The van der Waals surface area contributed by atoms with Crippen LogP contribution in [-0.2, 0) is 11.8 Å². The Labute approximate surface area is 117 Å². The molecule has 1 aromatic rings. The second-order valence-corrected chi connectivity index (χ2v) is 5.19. The summed E-state index contributed by atoms with van der Waals surface area (Å²) in [6.07, 6.45) is 6.59. The highest BCUT2D eigenvalue weighted by molar-refractivity contribution is 5.91. The van der Waals surface area contributed by atoms with Crippen LogP contribution in [0.15, 0.2) is 12.3 Å². The Balaban J connectivity index is 1.93. The van der Waals surface area contributed by atoms with Gasteiger partial charge in [-0.05, 0) is 18.8 Å². The molecule has 0 radical (unpaired) electrons. The third kappa shape index (κ3) is 3.72. The number of rotatable bonds is 4. The van der Waals surface area contributed by atoms with Crippen LogP contribution < -0.4 is 10.6 Å². The van der Waals surface area contributed by atoms with E-state index < -0.39 is 18.0 Å². The number of amides is 2. The lowest BCUT2D eigenvalue weighted by Crippen LogP contribution is -2.48. The maximum absolute atomic E-state index is 11.8. The van der Waals surface area contributed by atoms with Crippen molar-refractivity contribution in [2.45, 2.75) is 38.1 Å². The monoisotopic (exact) mass is 280 g/mol. The van der Waals surface area contributed by atoms with Gasteiger partial charge in [0.05, 0.1) is 0 Å². The van der Waals surface area contributed by atoms with E-state index in [9.17, 15) is 14.7 Å². The van der Waals surface area contributed by atoms with Gasteiger partial charge >= 0.3 is 12.0 Å². The van der Waals surface area contributed by atoms with Gasteiger partial charge in [0.25, 0.3) is 0 Å². The van der Waals surface area contributed by atoms with Crippen LogP contribution in [0.5, 0.6) is 0 Å². The van der Waals surface area contributed by atoms with Crippen molar-refractivity contribution in [1.29, 1.82) is 0 Å². The average Bonchev–Trinajstić information content (AvgIpc) is 2.82. The molecule has 1 aliphatic carbocycles. The molecule has 2 rings (SSSR count). The van der Waals surface area contributed by atoms with Crippen LogP contribution in [0.2, 0.25) is 0 Å². The van der Waals surface area contributed by atoms with E-state index in [4.69, 9.17) is 0 Å². The van der Waals surface area contributed by atoms with Gasteiger partial charge in [0, 0.05) is 19.3 Å². The van der Waals surface area contributed by atoms with Gasteiger partial charge in [0.2, 0.25) is 0 Å². The predicted molar refractivity (Wildman–Crippen MR) is 73.4 cm³/mol. The highest BCUT2D eigenvalue weighted by Crippen LogP contribution is 2.26. The lowest BCUT2D eigenvalue weighted by Gasteiger charge is -2.27. The summed E-state index contributed by atoms with van der Waals surface area (Å²) in [6.45, 7) is 0. The Morgan fingerprint density at radius 1 is 1.40 bits per heavy atom. The van der Waals surface area contributed by atoms with Crippen LogP contribution in [-0.4, -0.2) is 32.9 Å². The molecule has 1 atom stereocenters. The molecule has 0 bridgehead atoms. The first-order chi connectivity index (χ1) is 9.56. The maximum atomic E-state index is 11.8. The molecule has 0 aliphatic heterocycles. The minimum atomic E-state index is -0.979. The quantitative estimate of drug-likeness (QED) is 0.780. The topological polar surface area (TPSA) is 96.2 Å². The second-order valence-electron chi connectivity index (χ2n) is 5.19. The first-order valence-corrected chi connectivity index (χ1v) is 6.86. The molecule has 0 spiro atoms. The van der Waals surface area contributed by atoms with Gasteiger partial charge in [0.15, 0.2) is 5.82 Å². The number of urea groups is 1. The predicted octanol–water partition coefficient (Wildman–Crippen LogP) is 1.58. The molecule has 0 saturated heterocycles. The summed E-state index contributed by atoms with van der Waals surface area (Å²) < 4.78 is 1.56. The van der Waals surface area contributed by atoms with E-state index in [-0.39, 0.29) is 5.92 Å². The summed E-state index contributed by atoms with van der Waals surface area (Å²) in [5, 5.41) is 18.4. The number of anilines is 1. The van der Waals surface area contributed by atoms with Gasteiger partial charge in [-0.2, -0.15) is 5.10 Å². The van der Waals surface area contributed by atoms with Crippen LogP contribution in [0.3, 0.4) is 0 Å². The number of nitrogens with zero attached hydrogens (tertiary/aromatic N) is 2. The van der Waals surface area contributed by atoms with E-state index in [1.54, 1.807) is 24.0 Å². The second kappa shape index (κ2) is 6.40. The van der Waals surface area contributed by atoms with Gasteiger partial charge in [-0.1, -0.05) is 19.3 Å². The van der Waals surface area contributed by atoms with Crippen LogP contribution in [0.4, 0.5) is 10.6 Å². The molecule has 0 aromatic carbocycles. The summed E-state index contributed by atoms with van der Waals surface area (Å²) in [5.41, 5.74) is 0. The SMILES string of the molecule is Cn1ccc(NC(=O)NC(C(=O)O)C2CCCCC2)n1. The fourth-order valence-electron chi connectivity index (χ4n) is 2.62. The Bertz CT molecular complexity index is 480. The van der Waals surface area contributed by atoms with Crippen molar-refractivity contribution in [2.75, 3.05) is 5.32 Å². The molecule has 20 heavy (non-hydrogen) atoms. The number of carbonyl (C=O) groups excluding carboxylic acids is 1. The fraction of sp³-hybridized carbons (Fsp3) is 0.615. The number of nitrogens with one attached hydrogen (secondary N) is 2. The lowest BCUT2D eigenvalue weighted by atomic mass is 9.84. The van der Waals surface area contributed by atoms with E-state index >= 15 is 0 Å². The molecular weight excluding hydrogens is 260 g/mol. The molecule has 2 amide bonds. The Kier molecular flexibility index (Phi) is 4.60. The van der Waals surface area contributed by atoms with Crippen molar-refractivity contribution in [3.05, 3.63) is 12.3 Å². The lowest BCUT2D eigenvalue weighted by molar-refractivity contribution is -0.141.